The monoisotopic (exact) mass is 346 g/mol. The zero-order chi connectivity index (χ0) is 17.9. The average molecular weight is 346 g/mol. The standard InChI is InChI=1S/C19H30N4O2/c1-3-12-25-17-9-7-8-16(13-17)14-21-19(20-4-2)22-15-18(24)23-10-5-6-11-23/h7-9,13H,3-6,10-12,14-15H2,1-2H3,(H2,20,21,22). The van der Waals surface area contributed by atoms with Gasteiger partial charge in [-0.25, -0.2) is 4.99 Å². The summed E-state index contributed by atoms with van der Waals surface area (Å²) in [7, 11) is 0. The second-order valence-corrected chi connectivity index (χ2v) is 6.13. The van der Waals surface area contributed by atoms with Gasteiger partial charge < -0.3 is 20.3 Å². The molecular weight excluding hydrogens is 316 g/mol. The minimum Gasteiger partial charge on any atom is -0.494 e. The van der Waals surface area contributed by atoms with Crippen molar-refractivity contribution in [3.05, 3.63) is 29.8 Å². The van der Waals surface area contributed by atoms with Gasteiger partial charge in [-0.2, -0.15) is 0 Å². The van der Waals surface area contributed by atoms with Crippen molar-refractivity contribution in [3.63, 3.8) is 0 Å². The molecule has 0 radical (unpaired) electrons. The number of hydrogen-bond donors (Lipinski definition) is 2. The molecule has 1 aliphatic heterocycles. The van der Waals surface area contributed by atoms with Crippen LogP contribution in [0.5, 0.6) is 5.75 Å². The summed E-state index contributed by atoms with van der Waals surface area (Å²) in [6.07, 6.45) is 3.20. The third-order valence-corrected chi connectivity index (χ3v) is 4.00. The summed E-state index contributed by atoms with van der Waals surface area (Å²) in [6.45, 7) is 8.14. The van der Waals surface area contributed by atoms with Crippen molar-refractivity contribution in [1.29, 1.82) is 0 Å². The molecule has 1 aliphatic rings. The number of hydrogen-bond acceptors (Lipinski definition) is 3. The third-order valence-electron chi connectivity index (χ3n) is 4.00. The number of carbonyl (C=O) groups is 1. The molecule has 0 unspecified atom stereocenters. The molecule has 1 heterocycles. The van der Waals surface area contributed by atoms with Crippen LogP contribution in [-0.2, 0) is 11.3 Å². The number of nitrogens with zero attached hydrogens (tertiary/aromatic N) is 2. The molecule has 138 valence electrons. The van der Waals surface area contributed by atoms with Crippen LogP contribution in [0.25, 0.3) is 0 Å². The Bertz CT molecular complexity index is 568. The van der Waals surface area contributed by atoms with Gasteiger partial charge in [-0.15, -0.1) is 0 Å². The van der Waals surface area contributed by atoms with Gasteiger partial charge in [0.25, 0.3) is 0 Å². The fraction of sp³-hybridized carbons (Fsp3) is 0.579. The highest BCUT2D eigenvalue weighted by Gasteiger charge is 2.17. The maximum Gasteiger partial charge on any atom is 0.241 e. The number of amides is 1. The highest BCUT2D eigenvalue weighted by molar-refractivity contribution is 5.86. The normalized spacial score (nSPS) is 14.5. The average Bonchev–Trinajstić information content (AvgIpc) is 3.17. The lowest BCUT2D eigenvalue weighted by Gasteiger charge is -2.17. The Labute approximate surface area is 150 Å². The highest BCUT2D eigenvalue weighted by atomic mass is 16.5. The summed E-state index contributed by atoms with van der Waals surface area (Å²) in [4.78, 5) is 18.6. The van der Waals surface area contributed by atoms with Crippen LogP contribution in [-0.4, -0.2) is 49.6 Å². The minimum atomic E-state index is 0.137. The van der Waals surface area contributed by atoms with Gasteiger partial charge in [-0.3, -0.25) is 4.79 Å². The van der Waals surface area contributed by atoms with E-state index in [0.717, 1.165) is 56.8 Å². The van der Waals surface area contributed by atoms with Crippen LogP contribution in [0.3, 0.4) is 0 Å². The van der Waals surface area contributed by atoms with Crippen molar-refractivity contribution in [2.24, 2.45) is 4.99 Å². The molecule has 2 N–H and O–H groups in total. The predicted molar refractivity (Wildman–Crippen MR) is 101 cm³/mol. The molecule has 0 atom stereocenters. The van der Waals surface area contributed by atoms with Crippen LogP contribution in [0.4, 0.5) is 0 Å². The van der Waals surface area contributed by atoms with Crippen LogP contribution in [0.2, 0.25) is 0 Å². The second-order valence-electron chi connectivity index (χ2n) is 6.13. The van der Waals surface area contributed by atoms with Crippen molar-refractivity contribution in [2.75, 3.05) is 32.8 Å². The van der Waals surface area contributed by atoms with Gasteiger partial charge in [-0.05, 0) is 43.9 Å². The Balaban J connectivity index is 1.88. The Hall–Kier alpha value is -2.24. The van der Waals surface area contributed by atoms with E-state index >= 15 is 0 Å². The summed E-state index contributed by atoms with van der Waals surface area (Å²) < 4.78 is 5.66. The Morgan fingerprint density at radius 2 is 2.04 bits per heavy atom. The van der Waals surface area contributed by atoms with E-state index < -0.39 is 0 Å². The summed E-state index contributed by atoms with van der Waals surface area (Å²) in [5.74, 6) is 1.67. The molecule has 0 aromatic heterocycles. The largest absolute Gasteiger partial charge is 0.494 e. The van der Waals surface area contributed by atoms with E-state index in [2.05, 4.69) is 22.5 Å². The first-order chi connectivity index (χ1) is 12.2. The number of likely N-dealkylation sites (tertiary alicyclic amines) is 1. The molecule has 0 bridgehead atoms. The number of guanidine groups is 1. The Morgan fingerprint density at radius 1 is 1.24 bits per heavy atom. The Kier molecular flexibility index (Phi) is 8.09. The van der Waals surface area contributed by atoms with Crippen LogP contribution in [0.1, 0.15) is 38.7 Å². The minimum absolute atomic E-state index is 0.137. The lowest BCUT2D eigenvalue weighted by Crippen LogP contribution is -2.44. The molecule has 0 spiro atoms. The lowest BCUT2D eigenvalue weighted by atomic mass is 10.2. The number of benzene rings is 1. The lowest BCUT2D eigenvalue weighted by molar-refractivity contribution is -0.128. The topological polar surface area (TPSA) is 66.0 Å². The third kappa shape index (κ3) is 6.64. The smallest absolute Gasteiger partial charge is 0.241 e. The van der Waals surface area contributed by atoms with Crippen molar-refractivity contribution >= 4 is 11.9 Å². The zero-order valence-electron chi connectivity index (χ0n) is 15.4. The highest BCUT2D eigenvalue weighted by Crippen LogP contribution is 2.14. The number of aliphatic imine (C=N–C) groups is 1. The van der Waals surface area contributed by atoms with E-state index in [1.165, 1.54) is 0 Å². The molecule has 2 rings (SSSR count). The van der Waals surface area contributed by atoms with Crippen LogP contribution in [0, 0.1) is 0 Å². The number of ether oxygens (including phenoxy) is 1. The van der Waals surface area contributed by atoms with Gasteiger partial charge >= 0.3 is 0 Å². The van der Waals surface area contributed by atoms with Crippen molar-refractivity contribution < 1.29 is 9.53 Å². The first-order valence-corrected chi connectivity index (χ1v) is 9.24. The van der Waals surface area contributed by atoms with E-state index in [0.29, 0.717) is 12.5 Å². The molecule has 1 amide bonds. The maximum atomic E-state index is 12.1. The molecule has 6 nitrogen and oxygen atoms in total. The first-order valence-electron chi connectivity index (χ1n) is 9.24. The van der Waals surface area contributed by atoms with E-state index in [4.69, 9.17) is 4.74 Å². The summed E-state index contributed by atoms with van der Waals surface area (Å²) >= 11 is 0. The molecule has 1 saturated heterocycles. The van der Waals surface area contributed by atoms with Crippen LogP contribution < -0.4 is 15.4 Å². The van der Waals surface area contributed by atoms with E-state index in [1.54, 1.807) is 0 Å². The fourth-order valence-corrected chi connectivity index (χ4v) is 2.70. The van der Waals surface area contributed by atoms with E-state index in [1.807, 2.05) is 36.1 Å². The molecule has 0 saturated carbocycles. The fourth-order valence-electron chi connectivity index (χ4n) is 2.70. The maximum absolute atomic E-state index is 12.1. The zero-order valence-corrected chi connectivity index (χ0v) is 15.4. The van der Waals surface area contributed by atoms with Gasteiger partial charge in [0.2, 0.25) is 5.91 Å². The quantitative estimate of drug-likeness (QED) is 0.559. The van der Waals surface area contributed by atoms with Gasteiger partial charge in [0.15, 0.2) is 5.96 Å². The molecule has 25 heavy (non-hydrogen) atoms. The molecule has 1 fully saturated rings. The number of rotatable bonds is 8. The van der Waals surface area contributed by atoms with Gasteiger partial charge in [0.1, 0.15) is 5.75 Å². The SMILES string of the molecule is CCCOc1cccc(CN=C(NCC)NCC(=O)N2CCCC2)c1. The first kappa shape index (κ1) is 19.1. The Morgan fingerprint density at radius 3 is 2.76 bits per heavy atom. The van der Waals surface area contributed by atoms with Crippen molar-refractivity contribution in [3.8, 4) is 5.75 Å². The summed E-state index contributed by atoms with van der Waals surface area (Å²) in [5, 5.41) is 6.32. The molecular formula is C19H30N4O2. The van der Waals surface area contributed by atoms with Crippen LogP contribution >= 0.6 is 0 Å². The number of carbonyl (C=O) groups excluding carboxylic acids is 1. The van der Waals surface area contributed by atoms with Gasteiger partial charge in [0.05, 0.1) is 19.7 Å². The van der Waals surface area contributed by atoms with Crippen LogP contribution in [0.15, 0.2) is 29.3 Å². The number of nitrogens with one attached hydrogen (secondary N) is 2. The molecule has 1 aromatic rings. The van der Waals surface area contributed by atoms with E-state index in [9.17, 15) is 4.79 Å². The molecule has 0 aliphatic carbocycles. The summed E-state index contributed by atoms with van der Waals surface area (Å²) in [5.41, 5.74) is 1.08. The van der Waals surface area contributed by atoms with Gasteiger partial charge in [0, 0.05) is 19.6 Å². The second kappa shape index (κ2) is 10.6. The predicted octanol–water partition coefficient (Wildman–Crippen LogP) is 2.15. The van der Waals surface area contributed by atoms with E-state index in [-0.39, 0.29) is 12.5 Å². The molecule has 1 aromatic carbocycles. The van der Waals surface area contributed by atoms with Crippen molar-refractivity contribution in [1.82, 2.24) is 15.5 Å². The van der Waals surface area contributed by atoms with Crippen molar-refractivity contribution in [2.45, 2.75) is 39.7 Å². The molecule has 6 heteroatoms. The van der Waals surface area contributed by atoms with Gasteiger partial charge in [-0.1, -0.05) is 19.1 Å². The summed E-state index contributed by atoms with van der Waals surface area (Å²) in [6, 6.07) is 7.98.